The van der Waals surface area contributed by atoms with Gasteiger partial charge in [-0.25, -0.2) is 0 Å². The molecule has 0 spiro atoms. The van der Waals surface area contributed by atoms with Crippen molar-refractivity contribution >= 4 is 23.4 Å². The van der Waals surface area contributed by atoms with Gasteiger partial charge in [0.1, 0.15) is 10.8 Å². The minimum atomic E-state index is -0.832. The fraction of sp³-hybridized carbons (Fsp3) is 0.818. The number of carboxylic acids is 2. The largest absolute Gasteiger partial charge is 0.481 e. The number of carbonyl (C=O) groups is 2. The third-order valence-corrected chi connectivity index (χ3v) is 9.28. The zero-order valence-electron chi connectivity index (χ0n) is 17.4. The van der Waals surface area contributed by atoms with Crippen LogP contribution in [0.1, 0.15) is 66.2 Å². The Hall–Kier alpha value is -1.72. The molecule has 6 heteroatoms. The number of nitrogens with zero attached hydrogens (tertiary/aromatic N) is 2. The summed E-state index contributed by atoms with van der Waals surface area (Å²) in [5, 5.41) is 20.0. The Morgan fingerprint density at radius 1 is 0.821 bits per heavy atom. The molecule has 154 valence electrons. The zero-order chi connectivity index (χ0) is 20.5. The van der Waals surface area contributed by atoms with Crippen molar-refractivity contribution in [2.75, 3.05) is 13.1 Å². The second-order valence-electron chi connectivity index (χ2n) is 10.4. The van der Waals surface area contributed by atoms with Crippen molar-refractivity contribution in [1.82, 2.24) is 0 Å². The molecule has 0 aliphatic heterocycles. The lowest BCUT2D eigenvalue weighted by Crippen LogP contribution is -2.44. The monoisotopic (exact) mass is 388 g/mol. The van der Waals surface area contributed by atoms with Crippen molar-refractivity contribution in [3.8, 4) is 0 Å². The maximum atomic E-state index is 12.2. The van der Waals surface area contributed by atoms with Gasteiger partial charge in [-0.15, -0.1) is 0 Å². The Balaban J connectivity index is 1.52. The first-order chi connectivity index (χ1) is 13.0. The van der Waals surface area contributed by atoms with Crippen molar-refractivity contribution in [1.29, 1.82) is 0 Å². The van der Waals surface area contributed by atoms with Crippen LogP contribution < -0.4 is 0 Å². The van der Waals surface area contributed by atoms with E-state index >= 15 is 0 Å². The molecule has 0 heterocycles. The van der Waals surface area contributed by atoms with Gasteiger partial charge in [-0.3, -0.25) is 19.6 Å². The molecular formula is C22H32N2O4. The zero-order valence-corrected chi connectivity index (χ0v) is 17.4. The smallest absolute Gasteiger partial charge is 0.315 e. The molecule has 4 aliphatic carbocycles. The molecule has 0 amide bonds. The Bertz CT molecular complexity index is 730. The number of aliphatic carboxylic acids is 2. The number of carboxylic acid groups (broad SMARTS) is 2. The van der Waals surface area contributed by atoms with Crippen LogP contribution in [-0.2, 0) is 9.59 Å². The number of rotatable bonds is 5. The van der Waals surface area contributed by atoms with E-state index in [4.69, 9.17) is 9.98 Å². The summed E-state index contributed by atoms with van der Waals surface area (Å²) in [6.45, 7) is 9.14. The first-order valence-corrected chi connectivity index (χ1v) is 10.6. The highest BCUT2D eigenvalue weighted by molar-refractivity contribution is 6.10. The van der Waals surface area contributed by atoms with E-state index in [-0.39, 0.29) is 10.8 Å². The first-order valence-electron chi connectivity index (χ1n) is 10.6. The van der Waals surface area contributed by atoms with Crippen molar-refractivity contribution in [3.05, 3.63) is 0 Å². The van der Waals surface area contributed by atoms with Crippen molar-refractivity contribution < 1.29 is 19.8 Å². The van der Waals surface area contributed by atoms with E-state index in [1.165, 1.54) is 0 Å². The average molecular weight is 389 g/mol. The normalized spacial score (nSPS) is 42.6. The summed E-state index contributed by atoms with van der Waals surface area (Å²) in [6, 6.07) is 0. The molecule has 4 atom stereocenters. The molecule has 2 N–H and O–H groups in total. The highest BCUT2D eigenvalue weighted by atomic mass is 16.4. The van der Waals surface area contributed by atoms with Crippen LogP contribution in [0.2, 0.25) is 0 Å². The van der Waals surface area contributed by atoms with Gasteiger partial charge >= 0.3 is 11.9 Å². The number of aliphatic imine (C=N–C) groups is 2. The second kappa shape index (κ2) is 5.90. The van der Waals surface area contributed by atoms with Gasteiger partial charge in [0.15, 0.2) is 0 Å². The van der Waals surface area contributed by atoms with Gasteiger partial charge in [-0.05, 0) is 61.2 Å². The lowest BCUT2D eigenvalue weighted by atomic mass is 9.68. The lowest BCUT2D eigenvalue weighted by molar-refractivity contribution is -0.149. The summed E-state index contributed by atoms with van der Waals surface area (Å²) in [7, 11) is 0. The summed E-state index contributed by atoms with van der Waals surface area (Å²) < 4.78 is 0. The molecule has 4 fully saturated rings. The molecule has 0 unspecified atom stereocenters. The summed E-state index contributed by atoms with van der Waals surface area (Å²) in [5.74, 6) is -0.727. The number of fused-ring (bicyclic) bond motifs is 4. The molecule has 0 aromatic heterocycles. The Morgan fingerprint density at radius 3 is 1.46 bits per heavy atom. The summed E-state index contributed by atoms with van der Waals surface area (Å²) >= 11 is 0. The van der Waals surface area contributed by atoms with Crippen LogP contribution in [-0.4, -0.2) is 46.7 Å². The van der Waals surface area contributed by atoms with Crippen molar-refractivity contribution in [2.24, 2.45) is 43.5 Å². The average Bonchev–Trinajstić information content (AvgIpc) is 3.19. The topological polar surface area (TPSA) is 99.3 Å². The molecule has 6 nitrogen and oxygen atoms in total. The molecule has 0 aromatic carbocycles. The summed E-state index contributed by atoms with van der Waals surface area (Å²) in [6.07, 6.45) is 4.79. The Morgan fingerprint density at radius 2 is 1.18 bits per heavy atom. The standard InChI is InChI=1S/C22H32N2O4/c1-19(2)13-5-7-21(19,17(25)26)15(11-13)23-9-10-24-16-12-14-6-8-22(16,18(27)28)20(14,3)4/h13-14H,5-12H2,1-4H3,(H,25,26)(H,27,28)/t13-,14-,21-,22-/m1/s1. The third-order valence-electron chi connectivity index (χ3n) is 9.28. The first kappa shape index (κ1) is 19.6. The molecule has 0 saturated heterocycles. The molecular weight excluding hydrogens is 356 g/mol. The predicted octanol–water partition coefficient (Wildman–Crippen LogP) is 3.69. The molecule has 0 aromatic rings. The van der Waals surface area contributed by atoms with Crippen LogP contribution in [0.4, 0.5) is 0 Å². The van der Waals surface area contributed by atoms with Gasteiger partial charge in [0.05, 0.1) is 13.1 Å². The number of hydrogen-bond acceptors (Lipinski definition) is 4. The SMILES string of the molecule is CC1(C)[C@@H]2CC[C@]1(C(=O)O)C(=NCCN=C1C[C@H]3CC[C@@]1(C(=O)O)C3(C)C)C2. The van der Waals surface area contributed by atoms with Crippen LogP contribution in [0.3, 0.4) is 0 Å². The molecule has 4 rings (SSSR count). The third kappa shape index (κ3) is 2.09. The number of hydrogen-bond donors (Lipinski definition) is 2. The second-order valence-corrected chi connectivity index (χ2v) is 10.4. The van der Waals surface area contributed by atoms with Crippen LogP contribution in [0.5, 0.6) is 0 Å². The van der Waals surface area contributed by atoms with Gasteiger partial charge in [-0.1, -0.05) is 27.7 Å². The van der Waals surface area contributed by atoms with Gasteiger partial charge in [0, 0.05) is 11.4 Å². The predicted molar refractivity (Wildman–Crippen MR) is 107 cm³/mol. The highest BCUT2D eigenvalue weighted by Crippen LogP contribution is 2.65. The van der Waals surface area contributed by atoms with Gasteiger partial charge in [-0.2, -0.15) is 0 Å². The van der Waals surface area contributed by atoms with Crippen LogP contribution in [0.15, 0.2) is 9.98 Å². The van der Waals surface area contributed by atoms with E-state index in [0.717, 1.165) is 37.1 Å². The van der Waals surface area contributed by atoms with E-state index in [1.807, 2.05) is 0 Å². The van der Waals surface area contributed by atoms with Gasteiger partial charge in [0.2, 0.25) is 0 Å². The van der Waals surface area contributed by atoms with E-state index in [0.29, 0.717) is 37.8 Å². The summed E-state index contributed by atoms with van der Waals surface area (Å²) in [4.78, 5) is 33.7. The maximum Gasteiger partial charge on any atom is 0.315 e. The fourth-order valence-corrected chi connectivity index (χ4v) is 7.19. The van der Waals surface area contributed by atoms with Crippen LogP contribution in [0, 0.1) is 33.5 Å². The van der Waals surface area contributed by atoms with Crippen molar-refractivity contribution in [3.63, 3.8) is 0 Å². The lowest BCUT2D eigenvalue weighted by Gasteiger charge is -2.34. The fourth-order valence-electron chi connectivity index (χ4n) is 7.19. The minimum Gasteiger partial charge on any atom is -0.481 e. The van der Waals surface area contributed by atoms with E-state index in [9.17, 15) is 19.8 Å². The minimum absolute atomic E-state index is 0.258. The van der Waals surface area contributed by atoms with Crippen LogP contribution >= 0.6 is 0 Å². The van der Waals surface area contributed by atoms with Crippen molar-refractivity contribution in [2.45, 2.75) is 66.2 Å². The molecule has 0 radical (unpaired) electrons. The quantitative estimate of drug-likeness (QED) is 0.702. The molecule has 4 aliphatic rings. The molecule has 4 saturated carbocycles. The van der Waals surface area contributed by atoms with Gasteiger partial charge < -0.3 is 10.2 Å². The van der Waals surface area contributed by atoms with E-state index in [1.54, 1.807) is 0 Å². The molecule has 28 heavy (non-hydrogen) atoms. The van der Waals surface area contributed by atoms with E-state index in [2.05, 4.69) is 27.7 Å². The Labute approximate surface area is 166 Å². The maximum absolute atomic E-state index is 12.2. The Kier molecular flexibility index (Phi) is 4.12. The van der Waals surface area contributed by atoms with Crippen LogP contribution in [0.25, 0.3) is 0 Å². The highest BCUT2D eigenvalue weighted by Gasteiger charge is 2.68. The van der Waals surface area contributed by atoms with E-state index < -0.39 is 22.8 Å². The van der Waals surface area contributed by atoms with Gasteiger partial charge in [0.25, 0.3) is 0 Å². The summed E-state index contributed by atoms with van der Waals surface area (Å²) in [5.41, 5.74) is -0.537. The molecule has 4 bridgehead atoms.